The second-order valence-electron chi connectivity index (χ2n) is 4.00. The molecule has 18 heavy (non-hydrogen) atoms. The zero-order valence-corrected chi connectivity index (χ0v) is 9.57. The quantitative estimate of drug-likeness (QED) is 0.765. The smallest absolute Gasteiger partial charge is 0.433 e. The molecule has 0 bridgehead atoms. The summed E-state index contributed by atoms with van der Waals surface area (Å²) in [6.45, 7) is 1.96. The van der Waals surface area contributed by atoms with Gasteiger partial charge in [-0.1, -0.05) is 0 Å². The number of hydrogen-bond donors (Lipinski definition) is 0. The van der Waals surface area contributed by atoms with E-state index in [-0.39, 0.29) is 0 Å². The van der Waals surface area contributed by atoms with Crippen LogP contribution in [0.5, 0.6) is 0 Å². The van der Waals surface area contributed by atoms with Gasteiger partial charge in [0.15, 0.2) is 5.76 Å². The molecule has 0 spiro atoms. The maximum atomic E-state index is 12.2. The molecule has 2 aliphatic heterocycles. The van der Waals surface area contributed by atoms with Crippen LogP contribution in [0.15, 0.2) is 22.8 Å². The number of carbonyl (C=O) groups is 2. The highest BCUT2D eigenvalue weighted by Gasteiger charge is 2.46. The third-order valence-electron chi connectivity index (χ3n) is 2.90. The average molecular weight is 252 g/mol. The predicted molar refractivity (Wildman–Crippen MR) is 57.2 cm³/mol. The Bertz CT molecular complexity index is 452. The van der Waals surface area contributed by atoms with Gasteiger partial charge >= 0.3 is 6.09 Å². The van der Waals surface area contributed by atoms with Crippen molar-refractivity contribution in [2.24, 2.45) is 0 Å². The van der Waals surface area contributed by atoms with E-state index in [0.717, 1.165) is 5.01 Å². The molecule has 2 aliphatic rings. The summed E-state index contributed by atoms with van der Waals surface area (Å²) in [6.07, 6.45) is -0.202. The lowest BCUT2D eigenvalue weighted by atomic mass is 10.2. The van der Waals surface area contributed by atoms with Crippen LogP contribution in [0.1, 0.15) is 11.9 Å². The van der Waals surface area contributed by atoms with Crippen LogP contribution in [0.25, 0.3) is 0 Å². The highest BCUT2D eigenvalue weighted by Crippen LogP contribution is 2.29. The zero-order chi connectivity index (χ0) is 12.5. The molecular weight excluding hydrogens is 240 g/mol. The number of morpholine rings is 1. The van der Waals surface area contributed by atoms with Gasteiger partial charge in [-0.25, -0.2) is 9.80 Å². The number of hydrogen-bond acceptors (Lipinski definition) is 6. The van der Waals surface area contributed by atoms with Crippen molar-refractivity contribution in [3.8, 4) is 0 Å². The normalized spacial score (nSPS) is 25.6. The Balaban J connectivity index is 1.80. The molecule has 1 aromatic heterocycles. The van der Waals surface area contributed by atoms with Crippen molar-refractivity contribution in [3.63, 3.8) is 0 Å². The predicted octanol–water partition coefficient (Wildman–Crippen LogP) is 0.547. The molecule has 3 rings (SSSR count). The Morgan fingerprint density at radius 3 is 2.67 bits per heavy atom. The van der Waals surface area contributed by atoms with Crippen molar-refractivity contribution in [2.75, 3.05) is 26.3 Å². The molecule has 0 aliphatic carbocycles. The van der Waals surface area contributed by atoms with E-state index in [1.807, 2.05) is 0 Å². The maximum absolute atomic E-state index is 12.2. The summed E-state index contributed by atoms with van der Waals surface area (Å²) in [5.41, 5.74) is 0. The van der Waals surface area contributed by atoms with Crippen LogP contribution in [0, 0.1) is 0 Å². The van der Waals surface area contributed by atoms with Crippen molar-refractivity contribution < 1.29 is 23.5 Å². The second kappa shape index (κ2) is 4.43. The Labute approximate surface area is 103 Å². The van der Waals surface area contributed by atoms with Crippen LogP contribution in [0.4, 0.5) is 4.79 Å². The van der Waals surface area contributed by atoms with Gasteiger partial charge in [-0.15, -0.1) is 0 Å². The van der Waals surface area contributed by atoms with Gasteiger partial charge < -0.3 is 13.9 Å². The first-order valence-corrected chi connectivity index (χ1v) is 5.68. The minimum absolute atomic E-state index is 0.337. The zero-order valence-electron chi connectivity index (χ0n) is 9.57. The summed E-state index contributed by atoms with van der Waals surface area (Å²) in [6, 6.07) is 3.26. The minimum Gasteiger partial charge on any atom is -0.465 e. The van der Waals surface area contributed by atoms with Crippen LogP contribution in [-0.2, 0) is 14.3 Å². The molecule has 1 unspecified atom stereocenters. The Morgan fingerprint density at radius 2 is 2.00 bits per heavy atom. The van der Waals surface area contributed by atoms with E-state index in [4.69, 9.17) is 13.9 Å². The summed E-state index contributed by atoms with van der Waals surface area (Å²) in [4.78, 5) is 23.9. The number of imide groups is 1. The Kier molecular flexibility index (Phi) is 2.77. The standard InChI is InChI=1S/C11H12N2O5/c14-10-9(8-2-1-5-17-8)18-11(15)13(10)12-3-6-16-7-4-12/h1-2,5,9H,3-4,6-7H2. The van der Waals surface area contributed by atoms with Crippen molar-refractivity contribution >= 4 is 12.0 Å². The van der Waals surface area contributed by atoms with Crippen LogP contribution in [0.2, 0.25) is 0 Å². The molecule has 7 heteroatoms. The number of carbonyl (C=O) groups excluding carboxylic acids is 2. The summed E-state index contributed by atoms with van der Waals surface area (Å²) >= 11 is 0. The summed E-state index contributed by atoms with van der Waals surface area (Å²) < 4.78 is 15.3. The third-order valence-corrected chi connectivity index (χ3v) is 2.90. The lowest BCUT2D eigenvalue weighted by molar-refractivity contribution is -0.145. The van der Waals surface area contributed by atoms with Gasteiger partial charge in [0.1, 0.15) is 0 Å². The fraction of sp³-hybridized carbons (Fsp3) is 0.455. The highest BCUT2D eigenvalue weighted by atomic mass is 16.6. The molecular formula is C11H12N2O5. The average Bonchev–Trinajstić information content (AvgIpc) is 2.99. The highest BCUT2D eigenvalue weighted by molar-refractivity contribution is 5.99. The number of amides is 2. The number of cyclic esters (lactones) is 1. The first-order chi connectivity index (χ1) is 8.77. The molecule has 0 saturated carbocycles. The molecule has 1 aromatic rings. The molecule has 3 heterocycles. The molecule has 0 N–H and O–H groups in total. The first-order valence-electron chi connectivity index (χ1n) is 5.68. The van der Waals surface area contributed by atoms with E-state index in [9.17, 15) is 9.59 Å². The van der Waals surface area contributed by atoms with Crippen molar-refractivity contribution in [2.45, 2.75) is 6.10 Å². The van der Waals surface area contributed by atoms with Crippen LogP contribution in [-0.4, -0.2) is 48.3 Å². The molecule has 7 nitrogen and oxygen atoms in total. The molecule has 96 valence electrons. The van der Waals surface area contributed by atoms with E-state index < -0.39 is 18.1 Å². The number of nitrogens with zero attached hydrogens (tertiary/aromatic N) is 2. The summed E-state index contributed by atoms with van der Waals surface area (Å²) in [7, 11) is 0. The van der Waals surface area contributed by atoms with Gasteiger partial charge in [0.25, 0.3) is 5.91 Å². The van der Waals surface area contributed by atoms with Crippen LogP contribution >= 0.6 is 0 Å². The number of furan rings is 1. The number of hydrazine groups is 1. The minimum atomic E-state index is -0.977. The van der Waals surface area contributed by atoms with E-state index in [1.165, 1.54) is 6.26 Å². The molecule has 0 radical (unpaired) electrons. The topological polar surface area (TPSA) is 72.2 Å². The maximum Gasteiger partial charge on any atom is 0.433 e. The monoisotopic (exact) mass is 252 g/mol. The van der Waals surface area contributed by atoms with Gasteiger partial charge in [0.2, 0.25) is 6.10 Å². The lowest BCUT2D eigenvalue weighted by Crippen LogP contribution is -2.51. The Hall–Kier alpha value is -1.86. The van der Waals surface area contributed by atoms with E-state index >= 15 is 0 Å². The number of rotatable bonds is 2. The number of ether oxygens (including phenoxy) is 2. The first kappa shape index (κ1) is 11.2. The van der Waals surface area contributed by atoms with Crippen LogP contribution in [0.3, 0.4) is 0 Å². The van der Waals surface area contributed by atoms with Gasteiger partial charge in [-0.2, -0.15) is 5.01 Å². The second-order valence-corrected chi connectivity index (χ2v) is 4.00. The SMILES string of the molecule is O=C1OC(c2ccco2)C(=O)N1N1CCOCC1. The van der Waals surface area contributed by atoms with Crippen molar-refractivity contribution in [1.82, 2.24) is 10.0 Å². The van der Waals surface area contributed by atoms with Crippen LogP contribution < -0.4 is 0 Å². The summed E-state index contributed by atoms with van der Waals surface area (Å²) in [5.74, 6) is -0.0824. The fourth-order valence-electron chi connectivity index (χ4n) is 2.03. The Morgan fingerprint density at radius 1 is 1.22 bits per heavy atom. The van der Waals surface area contributed by atoms with Crippen molar-refractivity contribution in [1.29, 1.82) is 0 Å². The van der Waals surface area contributed by atoms with E-state index in [2.05, 4.69) is 0 Å². The fourth-order valence-corrected chi connectivity index (χ4v) is 2.03. The third kappa shape index (κ3) is 1.77. The molecule has 1 atom stereocenters. The van der Waals surface area contributed by atoms with Gasteiger partial charge in [0.05, 0.1) is 19.5 Å². The van der Waals surface area contributed by atoms with Gasteiger partial charge in [0, 0.05) is 13.1 Å². The van der Waals surface area contributed by atoms with E-state index in [1.54, 1.807) is 17.1 Å². The molecule has 2 fully saturated rings. The van der Waals surface area contributed by atoms with Gasteiger partial charge in [-0.3, -0.25) is 4.79 Å². The molecule has 2 saturated heterocycles. The van der Waals surface area contributed by atoms with E-state index in [0.29, 0.717) is 32.1 Å². The largest absolute Gasteiger partial charge is 0.465 e. The molecule has 0 aromatic carbocycles. The molecule has 2 amide bonds. The van der Waals surface area contributed by atoms with Crippen molar-refractivity contribution in [3.05, 3.63) is 24.2 Å². The summed E-state index contributed by atoms with van der Waals surface area (Å²) in [5, 5.41) is 2.67. The lowest BCUT2D eigenvalue weighted by Gasteiger charge is -2.31. The van der Waals surface area contributed by atoms with Gasteiger partial charge in [-0.05, 0) is 12.1 Å².